The van der Waals surface area contributed by atoms with E-state index in [1.54, 1.807) is 16.2 Å². The predicted octanol–water partition coefficient (Wildman–Crippen LogP) is 3.76. The van der Waals surface area contributed by atoms with Crippen molar-refractivity contribution in [1.29, 1.82) is 0 Å². The zero-order chi connectivity index (χ0) is 12.3. The Morgan fingerprint density at radius 3 is 2.94 bits per heavy atom. The van der Waals surface area contributed by atoms with Gasteiger partial charge in [0.2, 0.25) is 0 Å². The van der Waals surface area contributed by atoms with Gasteiger partial charge in [-0.1, -0.05) is 34.1 Å². The number of hydrogen-bond acceptors (Lipinski definition) is 2. The van der Waals surface area contributed by atoms with E-state index in [9.17, 15) is 4.79 Å². The van der Waals surface area contributed by atoms with Crippen molar-refractivity contribution in [3.05, 3.63) is 35.2 Å². The second-order valence-corrected chi connectivity index (χ2v) is 5.62. The van der Waals surface area contributed by atoms with Crippen molar-refractivity contribution in [2.45, 2.75) is 6.42 Å². The van der Waals surface area contributed by atoms with Gasteiger partial charge in [-0.3, -0.25) is 4.79 Å². The fraction of sp³-hybridized carbons (Fsp3) is 0.308. The van der Waals surface area contributed by atoms with Crippen LogP contribution in [0.2, 0.25) is 0 Å². The molecule has 2 aromatic rings. The lowest BCUT2D eigenvalue weighted by atomic mass is 10.1. The van der Waals surface area contributed by atoms with Gasteiger partial charge in [-0.25, -0.2) is 0 Å². The molecule has 1 heterocycles. The van der Waals surface area contributed by atoms with Crippen molar-refractivity contribution >= 4 is 43.3 Å². The Hall–Kier alpha value is -0.870. The third-order valence-corrected chi connectivity index (χ3v) is 4.21. The molecule has 17 heavy (non-hydrogen) atoms. The lowest BCUT2D eigenvalue weighted by Crippen LogP contribution is -2.27. The van der Waals surface area contributed by atoms with E-state index in [2.05, 4.69) is 22.0 Å². The quantitative estimate of drug-likeness (QED) is 0.787. The summed E-state index contributed by atoms with van der Waals surface area (Å²) in [6.07, 6.45) is 0.976. The Morgan fingerprint density at radius 2 is 2.18 bits per heavy atom. The maximum Gasteiger partial charge on any atom is 0.255 e. The lowest BCUT2D eigenvalue weighted by Gasteiger charge is -2.15. The van der Waals surface area contributed by atoms with Crippen LogP contribution in [0.25, 0.3) is 10.1 Å². The molecule has 0 unspecified atom stereocenters. The first kappa shape index (κ1) is 12.6. The summed E-state index contributed by atoms with van der Waals surface area (Å²) in [5.74, 6) is 0.114. The van der Waals surface area contributed by atoms with E-state index in [0.29, 0.717) is 0 Å². The summed E-state index contributed by atoms with van der Waals surface area (Å²) >= 11 is 5.01. The fourth-order valence-corrected chi connectivity index (χ4v) is 2.93. The zero-order valence-electron chi connectivity index (χ0n) is 9.65. The van der Waals surface area contributed by atoms with E-state index >= 15 is 0 Å². The van der Waals surface area contributed by atoms with Crippen LogP contribution in [-0.2, 0) is 0 Å². The van der Waals surface area contributed by atoms with Gasteiger partial charge >= 0.3 is 0 Å². The lowest BCUT2D eigenvalue weighted by molar-refractivity contribution is 0.0798. The van der Waals surface area contributed by atoms with Gasteiger partial charge in [-0.05, 0) is 12.5 Å². The summed E-state index contributed by atoms with van der Waals surface area (Å²) in [5, 5.41) is 3.94. The zero-order valence-corrected chi connectivity index (χ0v) is 12.1. The van der Waals surface area contributed by atoms with Crippen LogP contribution in [0.4, 0.5) is 0 Å². The van der Waals surface area contributed by atoms with Crippen LogP contribution >= 0.6 is 27.3 Å². The molecule has 0 saturated heterocycles. The van der Waals surface area contributed by atoms with E-state index in [4.69, 9.17) is 0 Å². The monoisotopic (exact) mass is 311 g/mol. The minimum Gasteiger partial charge on any atom is -0.342 e. The molecule has 4 heteroatoms. The second kappa shape index (κ2) is 5.65. The van der Waals surface area contributed by atoms with Gasteiger partial charge in [-0.2, -0.15) is 0 Å². The molecule has 0 saturated carbocycles. The fourth-order valence-electron chi connectivity index (χ4n) is 1.75. The Labute approximate surface area is 113 Å². The van der Waals surface area contributed by atoms with Crippen molar-refractivity contribution in [3.63, 3.8) is 0 Å². The number of fused-ring (bicyclic) bond motifs is 1. The van der Waals surface area contributed by atoms with Crippen molar-refractivity contribution < 1.29 is 4.79 Å². The number of alkyl halides is 1. The summed E-state index contributed by atoms with van der Waals surface area (Å²) in [7, 11) is 1.86. The first-order valence-corrected chi connectivity index (χ1v) is 7.52. The second-order valence-electron chi connectivity index (χ2n) is 3.91. The van der Waals surface area contributed by atoms with Crippen molar-refractivity contribution in [3.8, 4) is 0 Å². The molecular weight excluding hydrogens is 298 g/mol. The molecule has 0 atom stereocenters. The molecule has 0 aliphatic heterocycles. The third kappa shape index (κ3) is 2.69. The smallest absolute Gasteiger partial charge is 0.255 e. The van der Waals surface area contributed by atoms with Crippen LogP contribution in [0.5, 0.6) is 0 Å². The molecule has 1 amide bonds. The average molecular weight is 312 g/mol. The molecule has 0 N–H and O–H groups in total. The van der Waals surface area contributed by atoms with Gasteiger partial charge in [0.25, 0.3) is 5.91 Å². The molecule has 2 nitrogen and oxygen atoms in total. The maximum absolute atomic E-state index is 12.2. The first-order valence-electron chi connectivity index (χ1n) is 5.51. The van der Waals surface area contributed by atoms with Gasteiger partial charge in [-0.15, -0.1) is 11.3 Å². The summed E-state index contributed by atoms with van der Waals surface area (Å²) in [4.78, 5) is 14.0. The number of nitrogens with zero attached hydrogens (tertiary/aromatic N) is 1. The Morgan fingerprint density at radius 1 is 1.41 bits per heavy atom. The first-order chi connectivity index (χ1) is 8.24. The van der Waals surface area contributed by atoms with E-state index in [1.807, 2.05) is 30.6 Å². The molecule has 1 aromatic carbocycles. The number of carbonyl (C=O) groups is 1. The Kier molecular flexibility index (Phi) is 4.18. The molecule has 2 rings (SSSR count). The highest BCUT2D eigenvalue weighted by molar-refractivity contribution is 9.09. The van der Waals surface area contributed by atoms with Crippen LogP contribution < -0.4 is 0 Å². The van der Waals surface area contributed by atoms with E-state index < -0.39 is 0 Å². The molecule has 1 aromatic heterocycles. The molecule has 0 aliphatic rings. The van der Waals surface area contributed by atoms with Crippen molar-refractivity contribution in [2.24, 2.45) is 0 Å². The van der Waals surface area contributed by atoms with Crippen molar-refractivity contribution in [1.82, 2.24) is 4.90 Å². The van der Waals surface area contributed by atoms with Crippen molar-refractivity contribution in [2.75, 3.05) is 18.9 Å². The minimum absolute atomic E-state index is 0.114. The summed E-state index contributed by atoms with van der Waals surface area (Å²) in [6, 6.07) is 8.04. The number of halogens is 1. The van der Waals surface area contributed by atoms with Gasteiger partial charge in [0.05, 0.1) is 5.56 Å². The van der Waals surface area contributed by atoms with E-state index in [1.165, 1.54) is 4.70 Å². The number of benzene rings is 1. The highest BCUT2D eigenvalue weighted by Gasteiger charge is 2.15. The van der Waals surface area contributed by atoms with E-state index in [0.717, 1.165) is 29.2 Å². The Bertz CT molecular complexity index is 523. The van der Waals surface area contributed by atoms with Crippen LogP contribution in [0.1, 0.15) is 16.8 Å². The average Bonchev–Trinajstić information content (AvgIpc) is 2.78. The van der Waals surface area contributed by atoms with Gasteiger partial charge < -0.3 is 4.90 Å². The normalized spacial score (nSPS) is 10.7. The van der Waals surface area contributed by atoms with Gasteiger partial charge in [0, 0.05) is 34.4 Å². The number of thiophene rings is 1. The topological polar surface area (TPSA) is 20.3 Å². The third-order valence-electron chi connectivity index (χ3n) is 2.69. The maximum atomic E-state index is 12.2. The summed E-state index contributed by atoms with van der Waals surface area (Å²) in [6.45, 7) is 0.786. The largest absolute Gasteiger partial charge is 0.342 e. The highest BCUT2D eigenvalue weighted by atomic mass is 79.9. The molecule has 0 aliphatic carbocycles. The molecule has 0 spiro atoms. The van der Waals surface area contributed by atoms with Gasteiger partial charge in [0.1, 0.15) is 0 Å². The number of carbonyl (C=O) groups excluding carboxylic acids is 1. The standard InChI is InChI=1S/C13H14BrNOS/c1-15(8-4-7-14)13(16)11-9-17-12-6-3-2-5-10(11)12/h2-3,5-6,9H,4,7-8H2,1H3. The summed E-state index contributed by atoms with van der Waals surface area (Å²) in [5.41, 5.74) is 0.822. The number of amides is 1. The van der Waals surface area contributed by atoms with Crippen LogP contribution in [0.3, 0.4) is 0 Å². The van der Waals surface area contributed by atoms with E-state index in [-0.39, 0.29) is 5.91 Å². The molecular formula is C13H14BrNOS. The molecule has 90 valence electrons. The molecule has 0 radical (unpaired) electrons. The Balaban J connectivity index is 2.24. The number of rotatable bonds is 4. The minimum atomic E-state index is 0.114. The molecule has 0 bridgehead atoms. The van der Waals surface area contributed by atoms with Crippen LogP contribution in [0.15, 0.2) is 29.6 Å². The van der Waals surface area contributed by atoms with Gasteiger partial charge in [0.15, 0.2) is 0 Å². The van der Waals surface area contributed by atoms with Crippen LogP contribution in [0, 0.1) is 0 Å². The SMILES string of the molecule is CN(CCCBr)C(=O)c1csc2ccccc12. The van der Waals surface area contributed by atoms with Crippen LogP contribution in [-0.4, -0.2) is 29.7 Å². The molecule has 0 fully saturated rings. The number of hydrogen-bond donors (Lipinski definition) is 0. The summed E-state index contributed by atoms with van der Waals surface area (Å²) < 4.78 is 1.17. The predicted molar refractivity (Wildman–Crippen MR) is 77.2 cm³/mol. The highest BCUT2D eigenvalue weighted by Crippen LogP contribution is 2.26.